The molecule has 0 aliphatic carbocycles. The highest BCUT2D eigenvalue weighted by Gasteiger charge is 2.10. The van der Waals surface area contributed by atoms with Crippen LogP contribution in [0.1, 0.15) is 21.5 Å². The first-order chi connectivity index (χ1) is 9.49. The van der Waals surface area contributed by atoms with Gasteiger partial charge in [0.25, 0.3) is 0 Å². The molecule has 0 atom stereocenters. The molecule has 0 unspecified atom stereocenters. The van der Waals surface area contributed by atoms with Crippen molar-refractivity contribution >= 4 is 23.2 Å². The van der Waals surface area contributed by atoms with Crippen LogP contribution in [0.2, 0.25) is 5.02 Å². The first-order valence-electron chi connectivity index (χ1n) is 6.06. The van der Waals surface area contributed by atoms with E-state index < -0.39 is 11.7 Å². The second-order valence-electron chi connectivity index (χ2n) is 4.44. The van der Waals surface area contributed by atoms with Gasteiger partial charge in [0, 0.05) is 28.4 Å². The van der Waals surface area contributed by atoms with Crippen molar-refractivity contribution in [1.82, 2.24) is 0 Å². The number of hydrogen-bond acceptors (Lipinski definition) is 2. The Labute approximate surface area is 121 Å². The molecule has 0 saturated carbocycles. The summed E-state index contributed by atoms with van der Waals surface area (Å²) in [7, 11) is 0. The molecule has 0 aliphatic heterocycles. The van der Waals surface area contributed by atoms with Gasteiger partial charge in [-0.05, 0) is 30.7 Å². The number of amides is 1. The van der Waals surface area contributed by atoms with Gasteiger partial charge < -0.3 is 11.1 Å². The van der Waals surface area contributed by atoms with Crippen LogP contribution in [0.15, 0.2) is 36.4 Å². The number of anilines is 1. The van der Waals surface area contributed by atoms with Crippen LogP contribution in [0.3, 0.4) is 0 Å². The van der Waals surface area contributed by atoms with E-state index in [1.807, 2.05) is 18.2 Å². The molecule has 0 aromatic heterocycles. The van der Waals surface area contributed by atoms with E-state index in [9.17, 15) is 9.18 Å². The van der Waals surface area contributed by atoms with E-state index in [0.717, 1.165) is 11.6 Å². The molecule has 104 valence electrons. The molecule has 3 nitrogen and oxygen atoms in total. The van der Waals surface area contributed by atoms with Gasteiger partial charge >= 0.3 is 0 Å². The largest absolute Gasteiger partial charge is 0.381 e. The molecule has 20 heavy (non-hydrogen) atoms. The number of benzene rings is 2. The predicted molar refractivity (Wildman–Crippen MR) is 78.4 cm³/mol. The molecule has 2 aromatic carbocycles. The first-order valence-corrected chi connectivity index (χ1v) is 6.44. The van der Waals surface area contributed by atoms with Crippen LogP contribution in [-0.2, 0) is 6.54 Å². The number of nitrogens with one attached hydrogen (secondary N) is 1. The van der Waals surface area contributed by atoms with Crippen LogP contribution < -0.4 is 11.1 Å². The smallest absolute Gasteiger partial charge is 0.248 e. The number of hydrogen-bond donors (Lipinski definition) is 2. The molecular formula is C15H14ClFN2O. The molecule has 0 saturated heterocycles. The maximum Gasteiger partial charge on any atom is 0.248 e. The molecule has 0 aliphatic rings. The monoisotopic (exact) mass is 292 g/mol. The van der Waals surface area contributed by atoms with E-state index in [0.29, 0.717) is 22.8 Å². The Morgan fingerprint density at radius 2 is 2.05 bits per heavy atom. The number of carbonyl (C=O) groups is 1. The lowest BCUT2D eigenvalue weighted by atomic mass is 10.1. The Morgan fingerprint density at radius 1 is 1.35 bits per heavy atom. The minimum Gasteiger partial charge on any atom is -0.381 e. The summed E-state index contributed by atoms with van der Waals surface area (Å²) in [5.74, 6) is -1.13. The van der Waals surface area contributed by atoms with Gasteiger partial charge in [-0.1, -0.05) is 29.8 Å². The molecular weight excluding hydrogens is 279 g/mol. The SMILES string of the molecule is Cc1c(F)cc(C(N)=O)cc1NCc1ccccc1Cl. The molecule has 0 bridgehead atoms. The van der Waals surface area contributed by atoms with Crippen molar-refractivity contribution in [2.75, 3.05) is 5.32 Å². The third kappa shape index (κ3) is 3.08. The van der Waals surface area contributed by atoms with Crippen molar-refractivity contribution < 1.29 is 9.18 Å². The van der Waals surface area contributed by atoms with Crippen LogP contribution in [0.25, 0.3) is 0 Å². The van der Waals surface area contributed by atoms with E-state index >= 15 is 0 Å². The van der Waals surface area contributed by atoms with Gasteiger partial charge in [-0.15, -0.1) is 0 Å². The Morgan fingerprint density at radius 3 is 2.70 bits per heavy atom. The molecule has 3 N–H and O–H groups in total. The van der Waals surface area contributed by atoms with Crippen molar-refractivity contribution in [3.05, 3.63) is 63.9 Å². The van der Waals surface area contributed by atoms with Crippen molar-refractivity contribution in [2.45, 2.75) is 13.5 Å². The van der Waals surface area contributed by atoms with Crippen molar-refractivity contribution in [3.63, 3.8) is 0 Å². The Hall–Kier alpha value is -2.07. The van der Waals surface area contributed by atoms with E-state index in [2.05, 4.69) is 5.32 Å². The van der Waals surface area contributed by atoms with Gasteiger partial charge in [0.05, 0.1) is 0 Å². The maximum absolute atomic E-state index is 13.7. The van der Waals surface area contributed by atoms with E-state index in [4.69, 9.17) is 17.3 Å². The van der Waals surface area contributed by atoms with Gasteiger partial charge in [0.2, 0.25) is 5.91 Å². The Bertz CT molecular complexity index is 658. The van der Waals surface area contributed by atoms with Crippen LogP contribution in [0.5, 0.6) is 0 Å². The van der Waals surface area contributed by atoms with Crippen molar-refractivity contribution in [2.24, 2.45) is 5.73 Å². The van der Waals surface area contributed by atoms with Crippen LogP contribution in [-0.4, -0.2) is 5.91 Å². The Balaban J connectivity index is 2.25. The Kier molecular flexibility index (Phi) is 4.25. The highest BCUT2D eigenvalue weighted by atomic mass is 35.5. The highest BCUT2D eigenvalue weighted by Crippen LogP contribution is 2.23. The van der Waals surface area contributed by atoms with E-state index in [-0.39, 0.29) is 5.56 Å². The normalized spacial score (nSPS) is 10.3. The van der Waals surface area contributed by atoms with Gasteiger partial charge in [0.15, 0.2) is 0 Å². The summed E-state index contributed by atoms with van der Waals surface area (Å²) in [5, 5.41) is 3.70. The van der Waals surface area contributed by atoms with Crippen LogP contribution in [0, 0.1) is 12.7 Å². The highest BCUT2D eigenvalue weighted by molar-refractivity contribution is 6.31. The molecule has 0 fully saturated rings. The van der Waals surface area contributed by atoms with E-state index in [1.165, 1.54) is 6.07 Å². The summed E-state index contributed by atoms with van der Waals surface area (Å²) >= 11 is 6.06. The molecule has 0 heterocycles. The third-order valence-electron chi connectivity index (χ3n) is 3.06. The fourth-order valence-corrected chi connectivity index (χ4v) is 2.04. The topological polar surface area (TPSA) is 55.1 Å². The zero-order valence-electron chi connectivity index (χ0n) is 10.9. The number of rotatable bonds is 4. The quantitative estimate of drug-likeness (QED) is 0.906. The van der Waals surface area contributed by atoms with Crippen molar-refractivity contribution in [3.8, 4) is 0 Å². The predicted octanol–water partition coefficient (Wildman–Crippen LogP) is 3.50. The summed E-state index contributed by atoms with van der Waals surface area (Å²) in [6.07, 6.45) is 0. The number of halogens is 2. The summed E-state index contributed by atoms with van der Waals surface area (Å²) in [4.78, 5) is 11.2. The summed E-state index contributed by atoms with van der Waals surface area (Å²) < 4.78 is 13.7. The zero-order valence-corrected chi connectivity index (χ0v) is 11.7. The molecule has 5 heteroatoms. The number of carbonyl (C=O) groups excluding carboxylic acids is 1. The van der Waals surface area contributed by atoms with Crippen LogP contribution >= 0.6 is 11.6 Å². The van der Waals surface area contributed by atoms with Crippen molar-refractivity contribution in [1.29, 1.82) is 0 Å². The minimum atomic E-state index is -0.662. The fourth-order valence-electron chi connectivity index (χ4n) is 1.84. The lowest BCUT2D eigenvalue weighted by molar-refractivity contribution is 0.1000. The fraction of sp³-hybridized carbons (Fsp3) is 0.133. The lowest BCUT2D eigenvalue weighted by Gasteiger charge is -2.12. The van der Waals surface area contributed by atoms with Gasteiger partial charge in [-0.25, -0.2) is 4.39 Å². The standard InChI is InChI=1S/C15H14ClFN2O/c1-9-13(17)6-11(15(18)20)7-14(9)19-8-10-4-2-3-5-12(10)16/h2-7,19H,8H2,1H3,(H2,18,20). The minimum absolute atomic E-state index is 0.134. The zero-order chi connectivity index (χ0) is 14.7. The number of nitrogens with two attached hydrogens (primary N) is 1. The molecule has 0 spiro atoms. The maximum atomic E-state index is 13.7. The summed E-state index contributed by atoms with van der Waals surface area (Å²) in [5.41, 5.74) is 7.16. The lowest BCUT2D eigenvalue weighted by Crippen LogP contribution is -2.13. The van der Waals surface area contributed by atoms with Gasteiger partial charge in [0.1, 0.15) is 5.82 Å². The summed E-state index contributed by atoms with van der Waals surface area (Å²) in [6, 6.07) is 10.0. The molecule has 2 aromatic rings. The first kappa shape index (κ1) is 14.3. The van der Waals surface area contributed by atoms with E-state index in [1.54, 1.807) is 13.0 Å². The number of primary amides is 1. The summed E-state index contributed by atoms with van der Waals surface area (Å²) in [6.45, 7) is 2.07. The van der Waals surface area contributed by atoms with Gasteiger partial charge in [-0.3, -0.25) is 4.79 Å². The average molecular weight is 293 g/mol. The van der Waals surface area contributed by atoms with Crippen LogP contribution in [0.4, 0.5) is 10.1 Å². The second kappa shape index (κ2) is 5.92. The molecule has 1 amide bonds. The molecule has 2 rings (SSSR count). The van der Waals surface area contributed by atoms with Gasteiger partial charge in [-0.2, -0.15) is 0 Å². The average Bonchev–Trinajstić information content (AvgIpc) is 2.41. The molecule has 0 radical (unpaired) electrons. The third-order valence-corrected chi connectivity index (χ3v) is 3.42. The second-order valence-corrected chi connectivity index (χ2v) is 4.85.